The van der Waals surface area contributed by atoms with E-state index in [9.17, 15) is 4.39 Å². The van der Waals surface area contributed by atoms with Crippen LogP contribution in [0, 0.1) is 12.7 Å². The van der Waals surface area contributed by atoms with Crippen molar-refractivity contribution in [1.29, 1.82) is 0 Å². The van der Waals surface area contributed by atoms with Crippen molar-refractivity contribution in [2.24, 2.45) is 0 Å². The summed E-state index contributed by atoms with van der Waals surface area (Å²) >= 11 is 3.43. The van der Waals surface area contributed by atoms with Gasteiger partial charge < -0.3 is 5.73 Å². The topological polar surface area (TPSA) is 69.6 Å². The molecule has 3 rings (SSSR count). The first-order valence-electron chi connectivity index (χ1n) is 6.16. The lowest BCUT2D eigenvalue weighted by molar-refractivity contribution is 0.632. The molecular formula is C14H11BrFN5. The van der Waals surface area contributed by atoms with Crippen molar-refractivity contribution >= 4 is 21.6 Å². The highest BCUT2D eigenvalue weighted by Gasteiger charge is 2.14. The van der Waals surface area contributed by atoms with Gasteiger partial charge in [-0.1, -0.05) is 22.0 Å². The summed E-state index contributed by atoms with van der Waals surface area (Å²) in [5.74, 6) is 0.0410. The van der Waals surface area contributed by atoms with Crippen LogP contribution in [0.3, 0.4) is 0 Å². The summed E-state index contributed by atoms with van der Waals surface area (Å²) in [5.41, 5.74) is 8.18. The highest BCUT2D eigenvalue weighted by atomic mass is 79.9. The molecule has 0 bridgehead atoms. The van der Waals surface area contributed by atoms with E-state index in [0.29, 0.717) is 11.4 Å². The number of tetrazole rings is 1. The molecule has 0 amide bonds. The Bertz CT molecular complexity index is 815. The lowest BCUT2D eigenvalue weighted by atomic mass is 10.1. The molecule has 3 aromatic rings. The van der Waals surface area contributed by atoms with E-state index in [1.165, 1.54) is 12.1 Å². The zero-order valence-corrected chi connectivity index (χ0v) is 12.7. The number of nitrogens with two attached hydrogens (primary N) is 1. The molecule has 0 saturated heterocycles. The molecule has 1 heterocycles. The molecule has 2 N–H and O–H groups in total. The van der Waals surface area contributed by atoms with E-state index < -0.39 is 5.82 Å². The van der Waals surface area contributed by atoms with Gasteiger partial charge in [-0.3, -0.25) is 0 Å². The molecule has 0 unspecified atom stereocenters. The largest absolute Gasteiger partial charge is 0.396 e. The van der Waals surface area contributed by atoms with Crippen LogP contribution in [0.4, 0.5) is 10.1 Å². The van der Waals surface area contributed by atoms with E-state index in [1.54, 1.807) is 10.7 Å². The minimum atomic E-state index is -0.462. The average Bonchev–Trinajstić information content (AvgIpc) is 2.93. The number of hydrogen-bond acceptors (Lipinski definition) is 4. The Labute approximate surface area is 128 Å². The number of halogens is 2. The molecule has 7 heteroatoms. The van der Waals surface area contributed by atoms with Crippen LogP contribution in [0.1, 0.15) is 5.56 Å². The number of rotatable bonds is 2. The number of nitrogen functional groups attached to an aromatic ring is 1. The summed E-state index contributed by atoms with van der Waals surface area (Å²) in [6.07, 6.45) is 0. The first kappa shape index (κ1) is 13.7. The Morgan fingerprint density at radius 2 is 2.00 bits per heavy atom. The molecule has 0 atom stereocenters. The highest BCUT2D eigenvalue weighted by Crippen LogP contribution is 2.26. The van der Waals surface area contributed by atoms with Gasteiger partial charge in [-0.2, -0.15) is 4.68 Å². The summed E-state index contributed by atoms with van der Waals surface area (Å²) in [7, 11) is 0. The Kier molecular flexibility index (Phi) is 3.42. The Morgan fingerprint density at radius 1 is 1.19 bits per heavy atom. The quantitative estimate of drug-likeness (QED) is 0.723. The van der Waals surface area contributed by atoms with Crippen LogP contribution in [-0.2, 0) is 0 Å². The summed E-state index contributed by atoms with van der Waals surface area (Å²) in [6.45, 7) is 1.96. The van der Waals surface area contributed by atoms with Crippen LogP contribution < -0.4 is 5.73 Å². The van der Waals surface area contributed by atoms with Crippen LogP contribution >= 0.6 is 15.9 Å². The van der Waals surface area contributed by atoms with Gasteiger partial charge in [-0.05, 0) is 53.2 Å². The third-order valence-corrected chi connectivity index (χ3v) is 3.62. The number of hydrogen-bond donors (Lipinski definition) is 1. The SMILES string of the molecule is Cc1ccc(Br)cc1-n1nnnc1-c1ccc(F)c(N)c1. The van der Waals surface area contributed by atoms with Crippen LogP contribution in [-0.4, -0.2) is 20.2 Å². The first-order valence-corrected chi connectivity index (χ1v) is 6.96. The van der Waals surface area contributed by atoms with Gasteiger partial charge in [0.05, 0.1) is 11.4 Å². The number of benzene rings is 2. The second-order valence-electron chi connectivity index (χ2n) is 4.58. The van der Waals surface area contributed by atoms with Gasteiger partial charge in [0.25, 0.3) is 0 Å². The molecule has 1 aromatic heterocycles. The summed E-state index contributed by atoms with van der Waals surface area (Å²) < 4.78 is 15.8. The van der Waals surface area contributed by atoms with E-state index in [0.717, 1.165) is 15.7 Å². The molecule has 5 nitrogen and oxygen atoms in total. The Balaban J connectivity index is 2.17. The van der Waals surface area contributed by atoms with Crippen LogP contribution in [0.25, 0.3) is 17.1 Å². The van der Waals surface area contributed by atoms with Gasteiger partial charge in [0.15, 0.2) is 5.82 Å². The third-order valence-electron chi connectivity index (χ3n) is 3.12. The van der Waals surface area contributed by atoms with Crippen molar-refractivity contribution in [2.75, 3.05) is 5.73 Å². The Hall–Kier alpha value is -2.28. The van der Waals surface area contributed by atoms with E-state index >= 15 is 0 Å². The molecule has 0 spiro atoms. The number of aromatic nitrogens is 4. The fraction of sp³-hybridized carbons (Fsp3) is 0.0714. The van der Waals surface area contributed by atoms with Crippen molar-refractivity contribution in [3.63, 3.8) is 0 Å². The van der Waals surface area contributed by atoms with Gasteiger partial charge in [0.2, 0.25) is 0 Å². The monoisotopic (exact) mass is 347 g/mol. The molecule has 0 aliphatic heterocycles. The van der Waals surface area contributed by atoms with Crippen molar-refractivity contribution in [3.8, 4) is 17.1 Å². The van der Waals surface area contributed by atoms with Gasteiger partial charge in [-0.25, -0.2) is 4.39 Å². The van der Waals surface area contributed by atoms with E-state index in [-0.39, 0.29) is 5.69 Å². The van der Waals surface area contributed by atoms with Gasteiger partial charge in [-0.15, -0.1) is 5.10 Å². The molecule has 21 heavy (non-hydrogen) atoms. The maximum Gasteiger partial charge on any atom is 0.187 e. The standard InChI is InChI=1S/C14H11BrFN5/c1-8-2-4-10(15)7-13(8)21-14(18-19-20-21)9-3-5-11(16)12(17)6-9/h2-7H,17H2,1H3. The van der Waals surface area contributed by atoms with Crippen LogP contribution in [0.5, 0.6) is 0 Å². The van der Waals surface area contributed by atoms with Crippen molar-refractivity contribution < 1.29 is 4.39 Å². The fourth-order valence-corrected chi connectivity index (χ4v) is 2.37. The van der Waals surface area contributed by atoms with Gasteiger partial charge in [0, 0.05) is 10.0 Å². The molecule has 2 aromatic carbocycles. The predicted molar refractivity (Wildman–Crippen MR) is 81.4 cm³/mol. The maximum absolute atomic E-state index is 13.3. The van der Waals surface area contributed by atoms with Crippen LogP contribution in [0.2, 0.25) is 0 Å². The van der Waals surface area contributed by atoms with Crippen molar-refractivity contribution in [3.05, 3.63) is 52.3 Å². The first-order chi connectivity index (χ1) is 10.1. The number of nitrogens with zero attached hydrogens (tertiary/aromatic N) is 4. The normalized spacial score (nSPS) is 10.8. The zero-order valence-electron chi connectivity index (χ0n) is 11.1. The second kappa shape index (κ2) is 5.25. The van der Waals surface area contributed by atoms with Crippen LogP contribution in [0.15, 0.2) is 40.9 Å². The molecule has 0 saturated carbocycles. The molecule has 106 valence electrons. The Morgan fingerprint density at radius 3 is 2.76 bits per heavy atom. The summed E-state index contributed by atoms with van der Waals surface area (Å²) in [4.78, 5) is 0. The molecule has 0 fully saturated rings. The minimum absolute atomic E-state index is 0.0630. The van der Waals surface area contributed by atoms with E-state index in [4.69, 9.17) is 5.73 Å². The molecular weight excluding hydrogens is 337 g/mol. The van der Waals surface area contributed by atoms with E-state index in [1.807, 2.05) is 25.1 Å². The van der Waals surface area contributed by atoms with Crippen molar-refractivity contribution in [1.82, 2.24) is 20.2 Å². The molecule has 0 aliphatic carbocycles. The number of aryl methyl sites for hydroxylation is 1. The van der Waals surface area contributed by atoms with E-state index in [2.05, 4.69) is 31.5 Å². The second-order valence-corrected chi connectivity index (χ2v) is 5.50. The molecule has 0 aliphatic rings. The summed E-state index contributed by atoms with van der Waals surface area (Å²) in [6, 6.07) is 10.2. The smallest absolute Gasteiger partial charge is 0.187 e. The average molecular weight is 348 g/mol. The summed E-state index contributed by atoms with van der Waals surface area (Å²) in [5, 5.41) is 11.7. The predicted octanol–water partition coefficient (Wildman–Crippen LogP) is 3.12. The van der Waals surface area contributed by atoms with Crippen molar-refractivity contribution in [2.45, 2.75) is 6.92 Å². The zero-order chi connectivity index (χ0) is 15.0. The lowest BCUT2D eigenvalue weighted by Gasteiger charge is -2.09. The fourth-order valence-electron chi connectivity index (χ4n) is 2.02. The lowest BCUT2D eigenvalue weighted by Crippen LogP contribution is -2.03. The minimum Gasteiger partial charge on any atom is -0.396 e. The highest BCUT2D eigenvalue weighted by molar-refractivity contribution is 9.10. The van der Waals surface area contributed by atoms with Gasteiger partial charge in [0.1, 0.15) is 5.82 Å². The van der Waals surface area contributed by atoms with Gasteiger partial charge >= 0.3 is 0 Å². The third kappa shape index (κ3) is 2.52. The molecule has 0 radical (unpaired) electrons. The maximum atomic E-state index is 13.3. The number of anilines is 1.